The lowest BCUT2D eigenvalue weighted by Crippen LogP contribution is -2.25. The van der Waals surface area contributed by atoms with Gasteiger partial charge in [-0.2, -0.15) is 0 Å². The van der Waals surface area contributed by atoms with Crippen molar-refractivity contribution in [2.75, 3.05) is 5.32 Å². The van der Waals surface area contributed by atoms with Crippen molar-refractivity contribution in [3.05, 3.63) is 87.5 Å². The molecule has 1 aliphatic carbocycles. The Morgan fingerprint density at radius 3 is 2.71 bits per heavy atom. The van der Waals surface area contributed by atoms with Crippen molar-refractivity contribution in [1.29, 1.82) is 0 Å². The van der Waals surface area contributed by atoms with E-state index in [2.05, 4.69) is 17.4 Å². The number of fused-ring (bicyclic) bond motifs is 4. The second kappa shape index (κ2) is 6.30. The first-order valence-corrected chi connectivity index (χ1v) is 9.43. The molecule has 1 atom stereocenters. The first-order valence-electron chi connectivity index (χ1n) is 9.43. The molecule has 0 bridgehead atoms. The van der Waals surface area contributed by atoms with E-state index in [9.17, 15) is 14.9 Å². The monoisotopic (exact) mass is 370 g/mol. The molecule has 0 amide bonds. The Balaban J connectivity index is 1.76. The number of rotatable bonds is 2. The molecule has 5 nitrogen and oxygen atoms in total. The largest absolute Gasteiger partial charge is 0.374 e. The Morgan fingerprint density at radius 2 is 1.86 bits per heavy atom. The summed E-state index contributed by atoms with van der Waals surface area (Å²) in [5.41, 5.74) is 4.60. The number of allylic oxidation sites excluding steroid dienone is 1. The standard InChI is InChI=1S/C23H18N2O3/c26-20-10-4-9-18-22(20)21-17-8-2-1-5-14(17)11-12-19(21)24-23(18)15-6-3-7-16(13-15)25(27)28/h1-3,5-8,11-13,23-24H,4,9-10H2/t23-/m1/s1. The summed E-state index contributed by atoms with van der Waals surface area (Å²) in [6, 6.07) is 18.6. The van der Waals surface area contributed by atoms with Crippen LogP contribution in [0.3, 0.4) is 0 Å². The summed E-state index contributed by atoms with van der Waals surface area (Å²) >= 11 is 0. The van der Waals surface area contributed by atoms with E-state index in [4.69, 9.17) is 0 Å². The molecular weight excluding hydrogens is 352 g/mol. The predicted octanol–water partition coefficient (Wildman–Crippen LogP) is 5.42. The van der Waals surface area contributed by atoms with Gasteiger partial charge in [-0.3, -0.25) is 14.9 Å². The van der Waals surface area contributed by atoms with E-state index in [0.717, 1.165) is 51.6 Å². The van der Waals surface area contributed by atoms with Crippen molar-refractivity contribution in [3.8, 4) is 0 Å². The van der Waals surface area contributed by atoms with E-state index in [-0.39, 0.29) is 22.4 Å². The lowest BCUT2D eigenvalue weighted by molar-refractivity contribution is -0.384. The molecule has 3 aromatic rings. The highest BCUT2D eigenvalue weighted by Gasteiger charge is 2.34. The maximum atomic E-state index is 13.0. The van der Waals surface area contributed by atoms with Gasteiger partial charge in [0.1, 0.15) is 0 Å². The van der Waals surface area contributed by atoms with E-state index in [1.165, 1.54) is 6.07 Å². The van der Waals surface area contributed by atoms with Crippen molar-refractivity contribution in [2.24, 2.45) is 0 Å². The van der Waals surface area contributed by atoms with E-state index in [1.807, 2.05) is 30.3 Å². The third-order valence-electron chi connectivity index (χ3n) is 5.69. The number of benzene rings is 3. The number of carbonyl (C=O) groups is 1. The van der Waals surface area contributed by atoms with Gasteiger partial charge in [0, 0.05) is 35.4 Å². The van der Waals surface area contributed by atoms with Crippen LogP contribution in [0.25, 0.3) is 16.3 Å². The molecule has 5 heteroatoms. The van der Waals surface area contributed by atoms with Crippen molar-refractivity contribution in [2.45, 2.75) is 25.3 Å². The van der Waals surface area contributed by atoms with Gasteiger partial charge in [0.05, 0.1) is 11.0 Å². The minimum Gasteiger partial charge on any atom is -0.374 e. The van der Waals surface area contributed by atoms with Crippen LogP contribution >= 0.6 is 0 Å². The molecule has 0 saturated carbocycles. The zero-order chi connectivity index (χ0) is 19.3. The lowest BCUT2D eigenvalue weighted by atomic mass is 9.77. The Kier molecular flexibility index (Phi) is 3.76. The second-order valence-corrected chi connectivity index (χ2v) is 7.32. The van der Waals surface area contributed by atoms with Crippen molar-refractivity contribution < 1.29 is 9.72 Å². The van der Waals surface area contributed by atoms with Crippen LogP contribution in [0.5, 0.6) is 0 Å². The number of anilines is 1. The van der Waals surface area contributed by atoms with E-state index >= 15 is 0 Å². The number of carbonyl (C=O) groups excluding carboxylic acids is 1. The number of Topliss-reactive ketones (excluding diaryl/α,β-unsaturated/α-hetero) is 1. The summed E-state index contributed by atoms with van der Waals surface area (Å²) in [5.74, 6) is 0.163. The molecule has 1 N–H and O–H groups in total. The summed E-state index contributed by atoms with van der Waals surface area (Å²) in [4.78, 5) is 23.8. The Hall–Kier alpha value is -3.47. The van der Waals surface area contributed by atoms with Crippen LogP contribution in [0, 0.1) is 10.1 Å². The SMILES string of the molecule is O=C1CCCC2=C1c1c(ccc3ccccc13)N[C@@H]2c1cccc([N+](=O)[O-])c1. The minimum atomic E-state index is -0.380. The van der Waals surface area contributed by atoms with Gasteiger partial charge in [-0.25, -0.2) is 0 Å². The Morgan fingerprint density at radius 1 is 1.00 bits per heavy atom. The first kappa shape index (κ1) is 16.7. The first-order chi connectivity index (χ1) is 13.6. The molecule has 0 radical (unpaired) electrons. The summed E-state index contributed by atoms with van der Waals surface area (Å²) in [6.45, 7) is 0. The molecule has 0 spiro atoms. The third-order valence-corrected chi connectivity index (χ3v) is 5.69. The third kappa shape index (κ3) is 2.51. The average Bonchev–Trinajstić information content (AvgIpc) is 2.73. The molecule has 3 aromatic carbocycles. The lowest BCUT2D eigenvalue weighted by Gasteiger charge is -2.35. The number of nitrogens with zero attached hydrogens (tertiary/aromatic N) is 1. The molecule has 0 unspecified atom stereocenters. The zero-order valence-corrected chi connectivity index (χ0v) is 15.1. The Labute approximate surface area is 161 Å². The van der Waals surface area contributed by atoms with Crippen LogP contribution in [-0.4, -0.2) is 10.7 Å². The molecule has 5 rings (SSSR count). The zero-order valence-electron chi connectivity index (χ0n) is 15.1. The minimum absolute atomic E-state index is 0.0629. The number of nitro groups is 1. The number of ketones is 1. The van der Waals surface area contributed by atoms with Crippen LogP contribution in [-0.2, 0) is 4.79 Å². The van der Waals surface area contributed by atoms with E-state index in [1.54, 1.807) is 12.1 Å². The maximum absolute atomic E-state index is 13.0. The molecule has 28 heavy (non-hydrogen) atoms. The molecule has 0 aromatic heterocycles. The van der Waals surface area contributed by atoms with Crippen LogP contribution < -0.4 is 5.32 Å². The van der Waals surface area contributed by atoms with Crippen LogP contribution in [0.4, 0.5) is 11.4 Å². The fourth-order valence-electron chi connectivity index (χ4n) is 4.46. The fourth-order valence-corrected chi connectivity index (χ4v) is 4.46. The number of hydrogen-bond donors (Lipinski definition) is 1. The number of nitrogens with one attached hydrogen (secondary N) is 1. The highest BCUT2D eigenvalue weighted by Crippen LogP contribution is 2.48. The van der Waals surface area contributed by atoms with Gasteiger partial charge < -0.3 is 5.32 Å². The topological polar surface area (TPSA) is 72.2 Å². The molecule has 1 heterocycles. The molecule has 138 valence electrons. The van der Waals surface area contributed by atoms with Crippen LogP contribution in [0.1, 0.15) is 36.4 Å². The van der Waals surface area contributed by atoms with Gasteiger partial charge in [-0.1, -0.05) is 42.5 Å². The number of non-ortho nitro benzene ring substituents is 1. The fraction of sp³-hybridized carbons (Fsp3) is 0.174. The summed E-state index contributed by atoms with van der Waals surface area (Å²) in [6.07, 6.45) is 2.16. The van der Waals surface area contributed by atoms with Crippen molar-refractivity contribution >= 4 is 33.5 Å². The van der Waals surface area contributed by atoms with Gasteiger partial charge in [0.15, 0.2) is 5.78 Å². The average molecular weight is 370 g/mol. The number of hydrogen-bond acceptors (Lipinski definition) is 4. The van der Waals surface area contributed by atoms with Crippen molar-refractivity contribution in [1.82, 2.24) is 0 Å². The highest BCUT2D eigenvalue weighted by atomic mass is 16.6. The summed E-state index contributed by atoms with van der Waals surface area (Å²) in [7, 11) is 0. The van der Waals surface area contributed by atoms with Gasteiger partial charge in [0.25, 0.3) is 5.69 Å². The quantitative estimate of drug-likeness (QED) is 0.483. The predicted molar refractivity (Wildman–Crippen MR) is 109 cm³/mol. The smallest absolute Gasteiger partial charge is 0.269 e. The van der Waals surface area contributed by atoms with Crippen LogP contribution in [0.2, 0.25) is 0 Å². The highest BCUT2D eigenvalue weighted by molar-refractivity contribution is 6.27. The van der Waals surface area contributed by atoms with E-state index in [0.29, 0.717) is 6.42 Å². The Bertz CT molecular complexity index is 1180. The van der Waals surface area contributed by atoms with Crippen molar-refractivity contribution in [3.63, 3.8) is 0 Å². The van der Waals surface area contributed by atoms with Gasteiger partial charge in [0.2, 0.25) is 0 Å². The van der Waals surface area contributed by atoms with Gasteiger partial charge in [-0.05, 0) is 40.8 Å². The maximum Gasteiger partial charge on any atom is 0.269 e. The second-order valence-electron chi connectivity index (χ2n) is 7.32. The van der Waals surface area contributed by atoms with E-state index < -0.39 is 0 Å². The van der Waals surface area contributed by atoms with Gasteiger partial charge >= 0.3 is 0 Å². The molecule has 1 aliphatic heterocycles. The molecule has 0 saturated heterocycles. The normalized spacial score (nSPS) is 18.4. The molecular formula is C23H18N2O3. The summed E-state index contributed by atoms with van der Waals surface area (Å²) < 4.78 is 0. The summed E-state index contributed by atoms with van der Waals surface area (Å²) in [5, 5.41) is 17.0. The van der Waals surface area contributed by atoms with Crippen LogP contribution in [0.15, 0.2) is 66.2 Å². The molecule has 2 aliphatic rings. The number of nitro benzene ring substituents is 1. The molecule has 0 fully saturated rings. The van der Waals surface area contributed by atoms with Gasteiger partial charge in [-0.15, -0.1) is 0 Å².